The molecule has 0 atom stereocenters. The van der Waals surface area contributed by atoms with Crippen molar-refractivity contribution < 1.29 is 0 Å². The summed E-state index contributed by atoms with van der Waals surface area (Å²) >= 11 is 0. The lowest BCUT2D eigenvalue weighted by molar-refractivity contribution is 0.462. The van der Waals surface area contributed by atoms with Gasteiger partial charge in [-0.15, -0.1) is 0 Å². The van der Waals surface area contributed by atoms with Crippen molar-refractivity contribution >= 4 is 17.5 Å². The Morgan fingerprint density at radius 2 is 1.86 bits per heavy atom. The molecule has 116 valence electrons. The second kappa shape index (κ2) is 6.77. The zero-order valence-corrected chi connectivity index (χ0v) is 13.4. The van der Waals surface area contributed by atoms with Crippen LogP contribution in [0, 0.1) is 13.8 Å². The highest BCUT2D eigenvalue weighted by atomic mass is 15.1. The summed E-state index contributed by atoms with van der Waals surface area (Å²) in [7, 11) is 0. The van der Waals surface area contributed by atoms with Crippen LogP contribution < -0.4 is 10.6 Å². The highest BCUT2D eigenvalue weighted by molar-refractivity contribution is 5.60. The molecule has 1 fully saturated rings. The normalized spacial score (nSPS) is 15.5. The van der Waals surface area contributed by atoms with Crippen LogP contribution in [0.4, 0.5) is 17.5 Å². The van der Waals surface area contributed by atoms with Crippen LogP contribution in [0.2, 0.25) is 0 Å². The molecular formula is C18H24N4. The average Bonchev–Trinajstić information content (AvgIpc) is 2.52. The highest BCUT2D eigenvalue weighted by Gasteiger charge is 2.13. The minimum atomic E-state index is 0.553. The molecule has 1 saturated carbocycles. The first kappa shape index (κ1) is 14.8. The maximum absolute atomic E-state index is 4.60. The Morgan fingerprint density at radius 1 is 1.05 bits per heavy atom. The lowest BCUT2D eigenvalue weighted by Crippen LogP contribution is -2.22. The van der Waals surface area contributed by atoms with Gasteiger partial charge in [0.2, 0.25) is 5.95 Å². The fourth-order valence-corrected chi connectivity index (χ4v) is 2.95. The van der Waals surface area contributed by atoms with E-state index >= 15 is 0 Å². The second-order valence-electron chi connectivity index (χ2n) is 6.19. The number of hydrogen-bond acceptors (Lipinski definition) is 4. The fraction of sp³-hybridized carbons (Fsp3) is 0.444. The molecule has 0 bridgehead atoms. The smallest absolute Gasteiger partial charge is 0.229 e. The summed E-state index contributed by atoms with van der Waals surface area (Å²) in [5.41, 5.74) is 3.49. The zero-order valence-electron chi connectivity index (χ0n) is 13.4. The van der Waals surface area contributed by atoms with Gasteiger partial charge in [-0.3, -0.25) is 0 Å². The average molecular weight is 296 g/mol. The fourth-order valence-electron chi connectivity index (χ4n) is 2.95. The first-order chi connectivity index (χ1) is 10.7. The summed E-state index contributed by atoms with van der Waals surface area (Å²) in [6, 6.07) is 8.85. The van der Waals surface area contributed by atoms with E-state index in [-0.39, 0.29) is 0 Å². The number of nitrogens with one attached hydrogen (secondary N) is 2. The van der Waals surface area contributed by atoms with Crippen LogP contribution in [-0.2, 0) is 0 Å². The number of nitrogens with zero attached hydrogens (tertiary/aromatic N) is 2. The van der Waals surface area contributed by atoms with Gasteiger partial charge in [-0.2, -0.15) is 4.98 Å². The molecule has 4 nitrogen and oxygen atoms in total. The van der Waals surface area contributed by atoms with E-state index in [1.165, 1.54) is 43.2 Å². The van der Waals surface area contributed by atoms with Crippen LogP contribution >= 0.6 is 0 Å². The van der Waals surface area contributed by atoms with Gasteiger partial charge in [-0.25, -0.2) is 4.98 Å². The van der Waals surface area contributed by atoms with E-state index in [2.05, 4.69) is 52.6 Å². The Bertz CT molecular complexity index is 633. The van der Waals surface area contributed by atoms with Gasteiger partial charge in [0.25, 0.3) is 0 Å². The van der Waals surface area contributed by atoms with E-state index in [9.17, 15) is 0 Å². The molecule has 4 heteroatoms. The molecule has 0 spiro atoms. The van der Waals surface area contributed by atoms with Crippen molar-refractivity contribution in [3.63, 3.8) is 0 Å². The van der Waals surface area contributed by atoms with Crippen molar-refractivity contribution in [3.8, 4) is 0 Å². The Labute approximate surface area is 132 Å². The molecule has 22 heavy (non-hydrogen) atoms. The van der Waals surface area contributed by atoms with Crippen molar-refractivity contribution in [2.75, 3.05) is 10.6 Å². The molecular weight excluding hydrogens is 272 g/mol. The number of hydrogen-bond donors (Lipinski definition) is 2. The van der Waals surface area contributed by atoms with Gasteiger partial charge in [0.1, 0.15) is 5.82 Å². The summed E-state index contributed by atoms with van der Waals surface area (Å²) in [5, 5.41) is 6.87. The van der Waals surface area contributed by atoms with Crippen molar-refractivity contribution in [1.29, 1.82) is 0 Å². The van der Waals surface area contributed by atoms with E-state index in [1.807, 2.05) is 12.3 Å². The largest absolute Gasteiger partial charge is 0.367 e. The standard InChI is InChI=1S/C18H24N4/c1-13-8-9-14(2)16(12-13)21-18-19-11-10-17(22-18)20-15-6-4-3-5-7-15/h8-12,15H,3-7H2,1-2H3,(H2,19,20,21,22). The molecule has 0 radical (unpaired) electrons. The van der Waals surface area contributed by atoms with Crippen LogP contribution in [-0.4, -0.2) is 16.0 Å². The SMILES string of the molecule is Cc1ccc(C)c(Nc2nccc(NC3CCCCC3)n2)c1. The minimum absolute atomic E-state index is 0.553. The third-order valence-electron chi connectivity index (χ3n) is 4.25. The molecule has 0 amide bonds. The van der Waals surface area contributed by atoms with E-state index in [1.54, 1.807) is 0 Å². The number of aromatic nitrogens is 2. The summed E-state index contributed by atoms with van der Waals surface area (Å²) < 4.78 is 0. The number of anilines is 3. The van der Waals surface area contributed by atoms with E-state index < -0.39 is 0 Å². The van der Waals surface area contributed by atoms with Crippen molar-refractivity contribution in [2.45, 2.75) is 52.0 Å². The third-order valence-corrected chi connectivity index (χ3v) is 4.25. The Balaban J connectivity index is 1.71. The lowest BCUT2D eigenvalue weighted by atomic mass is 9.95. The van der Waals surface area contributed by atoms with E-state index in [0.717, 1.165) is 11.5 Å². The molecule has 2 aromatic rings. The summed E-state index contributed by atoms with van der Waals surface area (Å²) in [4.78, 5) is 8.94. The van der Waals surface area contributed by atoms with Gasteiger partial charge < -0.3 is 10.6 Å². The van der Waals surface area contributed by atoms with Crippen LogP contribution in [0.15, 0.2) is 30.5 Å². The monoisotopic (exact) mass is 296 g/mol. The topological polar surface area (TPSA) is 49.8 Å². The Hall–Kier alpha value is -2.10. The van der Waals surface area contributed by atoms with Crippen molar-refractivity contribution in [1.82, 2.24) is 9.97 Å². The highest BCUT2D eigenvalue weighted by Crippen LogP contribution is 2.23. The van der Waals surface area contributed by atoms with Crippen LogP contribution in [0.25, 0.3) is 0 Å². The van der Waals surface area contributed by atoms with Crippen LogP contribution in [0.5, 0.6) is 0 Å². The number of benzene rings is 1. The van der Waals surface area contributed by atoms with Crippen molar-refractivity contribution in [2.24, 2.45) is 0 Å². The van der Waals surface area contributed by atoms with Gasteiger partial charge >= 0.3 is 0 Å². The van der Waals surface area contributed by atoms with Gasteiger partial charge in [-0.1, -0.05) is 31.4 Å². The number of rotatable bonds is 4. The molecule has 1 aromatic heterocycles. The molecule has 1 heterocycles. The van der Waals surface area contributed by atoms with Gasteiger partial charge in [0.05, 0.1) is 0 Å². The maximum atomic E-state index is 4.60. The molecule has 0 aliphatic heterocycles. The van der Waals surface area contributed by atoms with E-state index in [0.29, 0.717) is 12.0 Å². The first-order valence-electron chi connectivity index (χ1n) is 8.14. The summed E-state index contributed by atoms with van der Waals surface area (Å²) in [6.07, 6.45) is 8.28. The minimum Gasteiger partial charge on any atom is -0.367 e. The quantitative estimate of drug-likeness (QED) is 0.867. The first-order valence-corrected chi connectivity index (χ1v) is 8.14. The summed E-state index contributed by atoms with van der Waals surface area (Å²) in [5.74, 6) is 1.56. The molecule has 1 aromatic carbocycles. The maximum Gasteiger partial charge on any atom is 0.229 e. The predicted molar refractivity (Wildman–Crippen MR) is 91.7 cm³/mol. The van der Waals surface area contributed by atoms with Crippen LogP contribution in [0.1, 0.15) is 43.2 Å². The van der Waals surface area contributed by atoms with Crippen LogP contribution in [0.3, 0.4) is 0 Å². The molecule has 2 N–H and O–H groups in total. The van der Waals surface area contributed by atoms with Gasteiger partial charge in [0.15, 0.2) is 0 Å². The second-order valence-corrected chi connectivity index (χ2v) is 6.19. The van der Waals surface area contributed by atoms with E-state index in [4.69, 9.17) is 0 Å². The lowest BCUT2D eigenvalue weighted by Gasteiger charge is -2.23. The molecule has 1 aliphatic carbocycles. The molecule has 0 saturated heterocycles. The number of aryl methyl sites for hydroxylation is 2. The molecule has 0 unspecified atom stereocenters. The Morgan fingerprint density at radius 3 is 2.68 bits per heavy atom. The van der Waals surface area contributed by atoms with Gasteiger partial charge in [0, 0.05) is 17.9 Å². The van der Waals surface area contributed by atoms with Gasteiger partial charge in [-0.05, 0) is 49.9 Å². The molecule has 1 aliphatic rings. The zero-order chi connectivity index (χ0) is 15.4. The van der Waals surface area contributed by atoms with Crippen molar-refractivity contribution in [3.05, 3.63) is 41.6 Å². The predicted octanol–water partition coefficient (Wildman–Crippen LogP) is 4.58. The summed E-state index contributed by atoms with van der Waals surface area (Å²) in [6.45, 7) is 4.18. The molecule has 3 rings (SSSR count). The Kier molecular flexibility index (Phi) is 4.56. The third kappa shape index (κ3) is 3.75.